The van der Waals surface area contributed by atoms with Gasteiger partial charge in [0.2, 0.25) is 0 Å². The number of nitrogens with zero attached hydrogens (tertiary/aromatic N) is 1. The molecule has 0 saturated heterocycles. The highest BCUT2D eigenvalue weighted by atomic mass is 15.1. The van der Waals surface area contributed by atoms with Gasteiger partial charge in [-0.1, -0.05) is 20.8 Å². The topological polar surface area (TPSA) is 15.3 Å². The lowest BCUT2D eigenvalue weighted by Crippen LogP contribution is -2.27. The van der Waals surface area contributed by atoms with E-state index in [1.807, 2.05) is 0 Å². The van der Waals surface area contributed by atoms with Gasteiger partial charge in [-0.15, -0.1) is 0 Å². The third-order valence-electron chi connectivity index (χ3n) is 1.56. The molecule has 0 aromatic carbocycles. The van der Waals surface area contributed by atoms with Crippen molar-refractivity contribution in [1.29, 1.82) is 0 Å². The number of rotatable bonds is 6. The maximum Gasteiger partial charge on any atom is 0.0388 e. The van der Waals surface area contributed by atoms with Gasteiger partial charge in [-0.25, -0.2) is 0 Å². The fraction of sp³-hybridized carbons (Fsp3) is 0.875. The second-order valence-corrected chi connectivity index (χ2v) is 2.21. The average molecular weight is 143 g/mol. The van der Waals surface area contributed by atoms with Gasteiger partial charge in [-0.2, -0.15) is 0 Å². The van der Waals surface area contributed by atoms with E-state index < -0.39 is 0 Å². The van der Waals surface area contributed by atoms with Crippen molar-refractivity contribution in [1.82, 2.24) is 10.2 Å². The Morgan fingerprint density at radius 3 is 2.20 bits per heavy atom. The van der Waals surface area contributed by atoms with Crippen LogP contribution in [0.4, 0.5) is 0 Å². The lowest BCUT2D eigenvalue weighted by Gasteiger charge is -2.16. The number of hydrogen-bond acceptors (Lipinski definition) is 2. The summed E-state index contributed by atoms with van der Waals surface area (Å²) < 4.78 is 0. The zero-order chi connectivity index (χ0) is 7.82. The Bertz CT molecular complexity index is 60.3. The van der Waals surface area contributed by atoms with Gasteiger partial charge >= 0.3 is 0 Å². The minimum atomic E-state index is 0.998. The molecule has 0 aliphatic carbocycles. The highest BCUT2D eigenvalue weighted by molar-refractivity contribution is 4.67. The second-order valence-electron chi connectivity index (χ2n) is 2.21. The lowest BCUT2D eigenvalue weighted by molar-refractivity contribution is 0.361. The zero-order valence-corrected chi connectivity index (χ0v) is 7.35. The summed E-state index contributed by atoms with van der Waals surface area (Å²) in [5.41, 5.74) is 0. The molecule has 0 aromatic rings. The summed E-state index contributed by atoms with van der Waals surface area (Å²) in [5, 5.41) is 3.25. The van der Waals surface area contributed by atoms with Crippen LogP contribution >= 0.6 is 0 Å². The molecule has 61 valence electrons. The number of likely N-dealkylation sites (N-methyl/N-ethyl adjacent to an activating group) is 2. The number of nitrogens with one attached hydrogen (secondary N) is 1. The van der Waals surface area contributed by atoms with E-state index in [0.29, 0.717) is 0 Å². The molecule has 0 amide bonds. The largest absolute Gasteiger partial charge is 0.315 e. The first kappa shape index (κ1) is 9.92. The van der Waals surface area contributed by atoms with Crippen LogP contribution in [-0.4, -0.2) is 31.1 Å². The van der Waals surface area contributed by atoms with Gasteiger partial charge in [0.05, 0.1) is 0 Å². The van der Waals surface area contributed by atoms with Crippen LogP contribution in [0.5, 0.6) is 0 Å². The van der Waals surface area contributed by atoms with E-state index in [-0.39, 0.29) is 0 Å². The summed E-state index contributed by atoms with van der Waals surface area (Å²) in [6.07, 6.45) is 0. The molecule has 0 rings (SSSR count). The molecular weight excluding hydrogens is 124 g/mol. The first-order chi connectivity index (χ1) is 4.85. The third-order valence-corrected chi connectivity index (χ3v) is 1.56. The standard InChI is InChI=1S/C8H19N2/c1-4-9-7-8-10(5-2)6-3/h8-9H,4-7H2,1-3H3. The Morgan fingerprint density at radius 1 is 1.20 bits per heavy atom. The molecule has 10 heavy (non-hydrogen) atoms. The summed E-state index contributed by atoms with van der Waals surface area (Å²) in [6, 6.07) is 0. The van der Waals surface area contributed by atoms with Crippen molar-refractivity contribution in [2.75, 3.05) is 26.2 Å². The van der Waals surface area contributed by atoms with E-state index in [1.165, 1.54) is 0 Å². The summed E-state index contributed by atoms with van der Waals surface area (Å²) in [7, 11) is 0. The molecule has 0 aromatic heterocycles. The Hall–Kier alpha value is -0.0800. The van der Waals surface area contributed by atoms with E-state index in [9.17, 15) is 0 Å². The van der Waals surface area contributed by atoms with E-state index in [4.69, 9.17) is 0 Å². The van der Waals surface area contributed by atoms with Crippen molar-refractivity contribution < 1.29 is 0 Å². The van der Waals surface area contributed by atoms with Gasteiger partial charge in [0.25, 0.3) is 0 Å². The Labute approximate surface area is 64.6 Å². The average Bonchev–Trinajstić information content (AvgIpc) is 1.99. The van der Waals surface area contributed by atoms with Gasteiger partial charge in [-0.3, -0.25) is 4.90 Å². The van der Waals surface area contributed by atoms with Crippen LogP contribution in [0.1, 0.15) is 20.8 Å². The monoisotopic (exact) mass is 143 g/mol. The van der Waals surface area contributed by atoms with Crippen molar-refractivity contribution in [3.63, 3.8) is 0 Å². The van der Waals surface area contributed by atoms with Crippen LogP contribution in [-0.2, 0) is 0 Å². The molecule has 0 unspecified atom stereocenters. The van der Waals surface area contributed by atoms with Crippen molar-refractivity contribution in [2.45, 2.75) is 20.8 Å². The zero-order valence-electron chi connectivity index (χ0n) is 7.35. The van der Waals surface area contributed by atoms with Crippen LogP contribution in [0.2, 0.25) is 0 Å². The fourth-order valence-electron chi connectivity index (χ4n) is 0.820. The lowest BCUT2D eigenvalue weighted by atomic mass is 10.4. The molecule has 2 nitrogen and oxygen atoms in total. The van der Waals surface area contributed by atoms with Crippen molar-refractivity contribution >= 4 is 0 Å². The predicted octanol–water partition coefficient (Wildman–Crippen LogP) is 1.10. The van der Waals surface area contributed by atoms with Gasteiger partial charge in [0.15, 0.2) is 0 Å². The maximum absolute atomic E-state index is 3.25. The maximum atomic E-state index is 3.25. The van der Waals surface area contributed by atoms with E-state index in [1.54, 1.807) is 0 Å². The molecule has 1 N–H and O–H groups in total. The fourth-order valence-corrected chi connectivity index (χ4v) is 0.820. The molecule has 1 radical (unpaired) electrons. The Morgan fingerprint density at radius 2 is 1.80 bits per heavy atom. The molecule has 2 heteroatoms. The molecule has 0 atom stereocenters. The summed E-state index contributed by atoms with van der Waals surface area (Å²) >= 11 is 0. The smallest absolute Gasteiger partial charge is 0.0388 e. The second kappa shape index (κ2) is 7.03. The summed E-state index contributed by atoms with van der Waals surface area (Å²) in [4.78, 5) is 2.29. The Kier molecular flexibility index (Phi) is 6.98. The minimum absolute atomic E-state index is 0.998. The Balaban J connectivity index is 3.09. The van der Waals surface area contributed by atoms with Gasteiger partial charge in [0.1, 0.15) is 0 Å². The van der Waals surface area contributed by atoms with Crippen molar-refractivity contribution in [3.8, 4) is 0 Å². The van der Waals surface area contributed by atoms with Crippen LogP contribution < -0.4 is 5.32 Å². The third kappa shape index (κ3) is 4.77. The van der Waals surface area contributed by atoms with Crippen LogP contribution in [0.15, 0.2) is 0 Å². The predicted molar refractivity (Wildman–Crippen MR) is 45.8 cm³/mol. The molecule has 0 aliphatic heterocycles. The molecule has 0 fully saturated rings. The van der Waals surface area contributed by atoms with Crippen molar-refractivity contribution in [3.05, 3.63) is 6.54 Å². The quantitative estimate of drug-likeness (QED) is 0.560. The highest BCUT2D eigenvalue weighted by Crippen LogP contribution is 1.88. The van der Waals surface area contributed by atoms with Crippen LogP contribution in [0, 0.1) is 6.54 Å². The van der Waals surface area contributed by atoms with Gasteiger partial charge < -0.3 is 5.32 Å². The van der Waals surface area contributed by atoms with E-state index in [2.05, 4.69) is 37.5 Å². The first-order valence-corrected chi connectivity index (χ1v) is 4.13. The van der Waals surface area contributed by atoms with Crippen molar-refractivity contribution in [2.24, 2.45) is 0 Å². The molecule has 0 aliphatic rings. The van der Waals surface area contributed by atoms with Crippen LogP contribution in [0.25, 0.3) is 0 Å². The molecular formula is C8H19N2. The molecule has 0 bridgehead atoms. The number of hydrogen-bond donors (Lipinski definition) is 1. The SMILES string of the molecule is CCNC[CH]N(CC)CC. The van der Waals surface area contributed by atoms with E-state index in [0.717, 1.165) is 26.2 Å². The molecule has 0 spiro atoms. The summed E-state index contributed by atoms with van der Waals surface area (Å²) in [5.74, 6) is 0. The summed E-state index contributed by atoms with van der Waals surface area (Å²) in [6.45, 7) is 13.0. The molecule has 0 saturated carbocycles. The van der Waals surface area contributed by atoms with Gasteiger partial charge in [0, 0.05) is 13.1 Å². The molecule has 0 heterocycles. The normalized spacial score (nSPS) is 10.8. The van der Waals surface area contributed by atoms with Crippen LogP contribution in [0.3, 0.4) is 0 Å². The minimum Gasteiger partial charge on any atom is -0.315 e. The highest BCUT2D eigenvalue weighted by Gasteiger charge is 1.96. The van der Waals surface area contributed by atoms with Gasteiger partial charge in [-0.05, 0) is 19.6 Å². The van der Waals surface area contributed by atoms with E-state index >= 15 is 0 Å². The first-order valence-electron chi connectivity index (χ1n) is 4.13.